The number of unbranched alkanes of at least 4 members (excludes halogenated alkanes) is 1. The third kappa shape index (κ3) is 5.48. The van der Waals surface area contributed by atoms with E-state index in [1.807, 2.05) is 52.3 Å². The van der Waals surface area contributed by atoms with Gasteiger partial charge in [-0.1, -0.05) is 69.7 Å². The van der Waals surface area contributed by atoms with Gasteiger partial charge in [-0.05, 0) is 61.3 Å². The molecule has 0 aromatic heterocycles. The highest BCUT2D eigenvalue weighted by Crippen LogP contribution is 2.34. The summed E-state index contributed by atoms with van der Waals surface area (Å²) in [6.45, 7) is 7.75. The second-order valence-electron chi connectivity index (χ2n) is 10.7. The van der Waals surface area contributed by atoms with Crippen molar-refractivity contribution in [1.29, 1.82) is 0 Å². The lowest BCUT2D eigenvalue weighted by Crippen LogP contribution is -2.73. The Bertz CT molecular complexity index is 1060. The molecule has 6 heteroatoms. The van der Waals surface area contributed by atoms with E-state index in [1.165, 1.54) is 5.56 Å². The highest BCUT2D eigenvalue weighted by Gasteiger charge is 2.53. The molecule has 192 valence electrons. The summed E-state index contributed by atoms with van der Waals surface area (Å²) in [4.78, 5) is 43.8. The first-order valence-corrected chi connectivity index (χ1v) is 13.4. The Morgan fingerprint density at radius 2 is 1.64 bits per heavy atom. The Morgan fingerprint density at radius 3 is 2.25 bits per heavy atom. The first kappa shape index (κ1) is 25.9. The normalized spacial score (nSPS) is 19.6. The minimum absolute atomic E-state index is 0.0172. The molecule has 0 aliphatic carbocycles. The predicted molar refractivity (Wildman–Crippen MR) is 142 cm³/mol. The number of nitrogens with one attached hydrogen (secondary N) is 1. The zero-order chi connectivity index (χ0) is 25.7. The van der Waals surface area contributed by atoms with Crippen LogP contribution in [0, 0.1) is 5.92 Å². The molecule has 0 radical (unpaired) electrons. The third-order valence-corrected chi connectivity index (χ3v) is 7.58. The summed E-state index contributed by atoms with van der Waals surface area (Å²) in [6.07, 6.45) is 4.25. The van der Waals surface area contributed by atoms with Crippen LogP contribution in [0.2, 0.25) is 0 Å². The molecular weight excluding hydrogens is 450 g/mol. The van der Waals surface area contributed by atoms with Gasteiger partial charge in [0.1, 0.15) is 11.6 Å². The van der Waals surface area contributed by atoms with Crippen molar-refractivity contribution in [2.45, 2.75) is 70.9 Å². The highest BCUT2D eigenvalue weighted by atomic mass is 16.2. The lowest BCUT2D eigenvalue weighted by molar-refractivity contribution is -0.161. The molecule has 2 aliphatic heterocycles. The Labute approximate surface area is 215 Å². The number of amides is 3. The maximum absolute atomic E-state index is 13.4. The molecule has 2 aliphatic rings. The fourth-order valence-corrected chi connectivity index (χ4v) is 5.50. The van der Waals surface area contributed by atoms with Crippen molar-refractivity contribution in [1.82, 2.24) is 15.1 Å². The van der Waals surface area contributed by atoms with Gasteiger partial charge in [-0.2, -0.15) is 0 Å². The largest absolute Gasteiger partial charge is 0.342 e. The number of benzene rings is 2. The van der Waals surface area contributed by atoms with Gasteiger partial charge in [-0.15, -0.1) is 0 Å². The van der Waals surface area contributed by atoms with Crippen molar-refractivity contribution in [2.24, 2.45) is 5.92 Å². The van der Waals surface area contributed by atoms with E-state index < -0.39 is 11.6 Å². The molecule has 1 unspecified atom stereocenters. The zero-order valence-electron chi connectivity index (χ0n) is 21.8. The van der Waals surface area contributed by atoms with Crippen molar-refractivity contribution >= 4 is 17.7 Å². The number of nitrogens with zero attached hydrogens (tertiary/aromatic N) is 2. The molecule has 2 saturated heterocycles. The summed E-state index contributed by atoms with van der Waals surface area (Å²) < 4.78 is 0. The molecule has 4 rings (SSSR count). The van der Waals surface area contributed by atoms with Crippen LogP contribution < -0.4 is 5.32 Å². The first-order chi connectivity index (χ1) is 17.3. The van der Waals surface area contributed by atoms with Crippen LogP contribution in [-0.2, 0) is 16.0 Å². The zero-order valence-corrected chi connectivity index (χ0v) is 21.8. The topological polar surface area (TPSA) is 69.7 Å². The quantitative estimate of drug-likeness (QED) is 0.597. The Hall–Kier alpha value is -3.15. The average Bonchev–Trinajstić information content (AvgIpc) is 2.88. The number of rotatable bonds is 8. The fraction of sp³-hybridized carbons (Fsp3) is 0.500. The molecule has 2 heterocycles. The van der Waals surface area contributed by atoms with Crippen LogP contribution in [0.4, 0.5) is 0 Å². The smallest absolute Gasteiger partial charge is 0.253 e. The molecule has 0 bridgehead atoms. The molecule has 2 fully saturated rings. The summed E-state index contributed by atoms with van der Waals surface area (Å²) in [5.74, 6) is 0.281. The van der Waals surface area contributed by atoms with Gasteiger partial charge in [0.2, 0.25) is 11.8 Å². The molecule has 36 heavy (non-hydrogen) atoms. The molecule has 2 aromatic carbocycles. The van der Waals surface area contributed by atoms with Crippen LogP contribution in [0.5, 0.6) is 0 Å². The SMILES string of the molecule is CCCCN1C(=O)C(CC(C)C)NC(=O)C12CCN(C(=O)c1ccc(Cc3ccccc3)cc1)CC2. The fourth-order valence-electron chi connectivity index (χ4n) is 5.50. The Kier molecular flexibility index (Phi) is 8.12. The Balaban J connectivity index is 1.43. The maximum atomic E-state index is 13.4. The summed E-state index contributed by atoms with van der Waals surface area (Å²) >= 11 is 0. The van der Waals surface area contributed by atoms with Crippen molar-refractivity contribution < 1.29 is 14.4 Å². The third-order valence-electron chi connectivity index (χ3n) is 7.58. The van der Waals surface area contributed by atoms with E-state index in [9.17, 15) is 14.4 Å². The summed E-state index contributed by atoms with van der Waals surface area (Å²) in [5, 5.41) is 3.03. The van der Waals surface area contributed by atoms with Gasteiger partial charge in [0.15, 0.2) is 0 Å². The lowest BCUT2D eigenvalue weighted by Gasteiger charge is -2.51. The van der Waals surface area contributed by atoms with Crippen molar-refractivity contribution in [2.75, 3.05) is 19.6 Å². The first-order valence-electron chi connectivity index (χ1n) is 13.4. The number of piperazine rings is 1. The number of carbonyl (C=O) groups is 3. The van der Waals surface area contributed by atoms with Crippen LogP contribution >= 0.6 is 0 Å². The number of hydrogen-bond acceptors (Lipinski definition) is 3. The van der Waals surface area contributed by atoms with Crippen molar-refractivity contribution in [3.8, 4) is 0 Å². The number of carbonyl (C=O) groups excluding carboxylic acids is 3. The van der Waals surface area contributed by atoms with Crippen LogP contribution in [0.25, 0.3) is 0 Å². The number of hydrogen-bond donors (Lipinski definition) is 1. The Morgan fingerprint density at radius 1 is 1.00 bits per heavy atom. The highest BCUT2D eigenvalue weighted by molar-refractivity contribution is 6.00. The minimum Gasteiger partial charge on any atom is -0.342 e. The number of piperidine rings is 1. The van der Waals surface area contributed by atoms with Crippen LogP contribution in [-0.4, -0.2) is 58.7 Å². The summed E-state index contributed by atoms with van der Waals surface area (Å²) in [6, 6.07) is 17.6. The second-order valence-corrected chi connectivity index (χ2v) is 10.7. The monoisotopic (exact) mass is 489 g/mol. The molecule has 1 N–H and O–H groups in total. The maximum Gasteiger partial charge on any atom is 0.253 e. The summed E-state index contributed by atoms with van der Waals surface area (Å²) in [7, 11) is 0. The molecule has 1 spiro atoms. The average molecular weight is 490 g/mol. The lowest BCUT2D eigenvalue weighted by atomic mass is 9.80. The van der Waals surface area contributed by atoms with E-state index in [-0.39, 0.29) is 17.7 Å². The van der Waals surface area contributed by atoms with E-state index in [4.69, 9.17) is 0 Å². The predicted octanol–water partition coefficient (Wildman–Crippen LogP) is 4.43. The van der Waals surface area contributed by atoms with E-state index in [2.05, 4.69) is 38.2 Å². The van der Waals surface area contributed by atoms with E-state index in [0.29, 0.717) is 50.4 Å². The van der Waals surface area contributed by atoms with Gasteiger partial charge < -0.3 is 15.1 Å². The van der Waals surface area contributed by atoms with E-state index in [0.717, 1.165) is 24.8 Å². The van der Waals surface area contributed by atoms with Crippen molar-refractivity contribution in [3.05, 3.63) is 71.3 Å². The second kappa shape index (κ2) is 11.3. The van der Waals surface area contributed by atoms with Gasteiger partial charge in [-0.3, -0.25) is 14.4 Å². The molecule has 2 aromatic rings. The molecule has 3 amide bonds. The summed E-state index contributed by atoms with van der Waals surface area (Å²) in [5.41, 5.74) is 2.21. The van der Waals surface area contributed by atoms with Gasteiger partial charge >= 0.3 is 0 Å². The molecule has 0 saturated carbocycles. The molecule has 1 atom stereocenters. The van der Waals surface area contributed by atoms with Gasteiger partial charge in [0.25, 0.3) is 5.91 Å². The molecule has 6 nitrogen and oxygen atoms in total. The molecular formula is C30H39N3O3. The minimum atomic E-state index is -0.851. The van der Waals surface area contributed by atoms with Gasteiger partial charge in [0, 0.05) is 25.2 Å². The van der Waals surface area contributed by atoms with Gasteiger partial charge in [0.05, 0.1) is 0 Å². The van der Waals surface area contributed by atoms with Gasteiger partial charge in [-0.25, -0.2) is 0 Å². The van der Waals surface area contributed by atoms with E-state index >= 15 is 0 Å². The van der Waals surface area contributed by atoms with Crippen LogP contribution in [0.1, 0.15) is 74.4 Å². The van der Waals surface area contributed by atoms with Crippen LogP contribution in [0.3, 0.4) is 0 Å². The van der Waals surface area contributed by atoms with E-state index in [1.54, 1.807) is 0 Å². The standard InChI is InChI=1S/C30H39N3O3/c1-4-5-17-33-28(35)26(20-22(2)3)31-29(36)30(33)15-18-32(19-16-30)27(34)25-13-11-24(12-14-25)21-23-9-7-6-8-10-23/h6-14,22,26H,4-5,15-21H2,1-3H3,(H,31,36). The van der Waals surface area contributed by atoms with Crippen LogP contribution in [0.15, 0.2) is 54.6 Å². The van der Waals surface area contributed by atoms with Crippen molar-refractivity contribution in [3.63, 3.8) is 0 Å². The number of likely N-dealkylation sites (tertiary alicyclic amines) is 1.